The number of carbonyl (C=O) groups is 2. The van der Waals surface area contributed by atoms with Gasteiger partial charge < -0.3 is 10.2 Å². The molecule has 0 radical (unpaired) electrons. The number of amides is 2. The van der Waals surface area contributed by atoms with Crippen LogP contribution in [0.15, 0.2) is 78.9 Å². The van der Waals surface area contributed by atoms with Crippen molar-refractivity contribution in [2.24, 2.45) is 0 Å². The summed E-state index contributed by atoms with van der Waals surface area (Å²) in [7, 11) is 0. The van der Waals surface area contributed by atoms with E-state index in [9.17, 15) is 9.59 Å². The third-order valence-corrected chi connectivity index (χ3v) is 7.50. The lowest BCUT2D eigenvalue weighted by atomic mass is 10.0. The van der Waals surface area contributed by atoms with Crippen molar-refractivity contribution in [1.82, 2.24) is 10.2 Å². The third-order valence-electron chi connectivity index (χ3n) is 6.28. The predicted octanol–water partition coefficient (Wildman–Crippen LogP) is 6.44. The Kier molecular flexibility index (Phi) is 10.9. The van der Waals surface area contributed by atoms with Crippen LogP contribution >= 0.6 is 23.4 Å². The van der Waals surface area contributed by atoms with Gasteiger partial charge in [-0.3, -0.25) is 9.59 Å². The van der Waals surface area contributed by atoms with Crippen LogP contribution in [-0.2, 0) is 28.3 Å². The molecular weight excluding hydrogens is 488 g/mol. The Morgan fingerprint density at radius 1 is 0.944 bits per heavy atom. The molecule has 190 valence electrons. The summed E-state index contributed by atoms with van der Waals surface area (Å²) in [5.74, 6) is 0.864. The lowest BCUT2D eigenvalue weighted by Crippen LogP contribution is -2.52. The minimum absolute atomic E-state index is 0.0266. The summed E-state index contributed by atoms with van der Waals surface area (Å²) in [6.07, 6.45) is 1.27. The van der Waals surface area contributed by atoms with E-state index in [1.807, 2.05) is 80.6 Å². The highest BCUT2D eigenvalue weighted by molar-refractivity contribution is 7.99. The van der Waals surface area contributed by atoms with E-state index in [1.54, 1.807) is 16.7 Å². The second-order valence-electron chi connectivity index (χ2n) is 9.09. The molecule has 3 aromatic rings. The van der Waals surface area contributed by atoms with Crippen LogP contribution in [0.3, 0.4) is 0 Å². The lowest BCUT2D eigenvalue weighted by Gasteiger charge is -2.32. The molecule has 1 N–H and O–H groups in total. The second-order valence-corrected chi connectivity index (χ2v) is 10.5. The van der Waals surface area contributed by atoms with Gasteiger partial charge in [0.25, 0.3) is 0 Å². The van der Waals surface area contributed by atoms with Crippen LogP contribution in [0.25, 0.3) is 0 Å². The maximum atomic E-state index is 13.7. The quantitative estimate of drug-likeness (QED) is 0.298. The minimum Gasteiger partial charge on any atom is -0.352 e. The van der Waals surface area contributed by atoms with Crippen LogP contribution in [0, 0.1) is 6.92 Å². The van der Waals surface area contributed by atoms with E-state index >= 15 is 0 Å². The number of rotatable bonds is 12. The van der Waals surface area contributed by atoms with Gasteiger partial charge in [-0.1, -0.05) is 85.3 Å². The van der Waals surface area contributed by atoms with Gasteiger partial charge in [0.2, 0.25) is 11.8 Å². The summed E-state index contributed by atoms with van der Waals surface area (Å²) >= 11 is 7.68. The molecule has 3 aromatic carbocycles. The van der Waals surface area contributed by atoms with E-state index in [4.69, 9.17) is 11.6 Å². The molecule has 0 aromatic heterocycles. The third kappa shape index (κ3) is 8.42. The van der Waals surface area contributed by atoms with Crippen molar-refractivity contribution in [2.45, 2.75) is 58.0 Å². The zero-order valence-corrected chi connectivity index (χ0v) is 22.8. The summed E-state index contributed by atoms with van der Waals surface area (Å²) < 4.78 is 0. The van der Waals surface area contributed by atoms with Crippen molar-refractivity contribution < 1.29 is 9.59 Å². The Hall–Kier alpha value is -2.76. The van der Waals surface area contributed by atoms with Crippen molar-refractivity contribution in [3.63, 3.8) is 0 Å². The van der Waals surface area contributed by atoms with Gasteiger partial charge in [0, 0.05) is 29.8 Å². The number of nitrogens with one attached hydrogen (secondary N) is 1. The molecule has 0 fully saturated rings. The summed E-state index contributed by atoms with van der Waals surface area (Å²) in [5, 5.41) is 3.75. The van der Waals surface area contributed by atoms with E-state index in [0.29, 0.717) is 23.7 Å². The first-order chi connectivity index (χ1) is 17.4. The Morgan fingerprint density at radius 3 is 2.28 bits per heavy atom. The van der Waals surface area contributed by atoms with Gasteiger partial charge in [0.05, 0.1) is 5.75 Å². The summed E-state index contributed by atoms with van der Waals surface area (Å²) in [4.78, 5) is 28.9. The molecule has 0 saturated heterocycles. The van der Waals surface area contributed by atoms with Gasteiger partial charge in [-0.05, 0) is 54.7 Å². The monoisotopic (exact) mass is 522 g/mol. The Morgan fingerprint density at radius 2 is 1.61 bits per heavy atom. The predicted molar refractivity (Wildman–Crippen MR) is 151 cm³/mol. The topological polar surface area (TPSA) is 49.4 Å². The Bertz CT molecular complexity index is 1120. The normalized spacial score (nSPS) is 12.6. The number of hydrogen-bond acceptors (Lipinski definition) is 3. The maximum Gasteiger partial charge on any atom is 0.243 e. The molecule has 0 unspecified atom stereocenters. The molecule has 2 atom stereocenters. The Balaban J connectivity index is 1.85. The van der Waals surface area contributed by atoms with E-state index < -0.39 is 6.04 Å². The number of aryl methyl sites for hydroxylation is 1. The summed E-state index contributed by atoms with van der Waals surface area (Å²) in [6.45, 7) is 6.45. The van der Waals surface area contributed by atoms with Crippen molar-refractivity contribution in [2.75, 3.05) is 5.75 Å². The van der Waals surface area contributed by atoms with E-state index in [1.165, 1.54) is 11.1 Å². The van der Waals surface area contributed by atoms with Crippen LogP contribution in [0.5, 0.6) is 0 Å². The average Bonchev–Trinajstić information content (AvgIpc) is 2.88. The molecule has 2 amide bonds. The molecule has 0 aliphatic carbocycles. The standard InChI is InChI=1S/C30H35ClN2O2S/c1-4-23(3)32-30(35)28(18-24-11-6-5-7-12-24)33(19-25-14-16-27(31)17-15-25)29(34)21-36-20-26-13-9-8-10-22(26)2/h5-17,23,28H,4,18-21H2,1-3H3,(H,32,35)/t23-,28-/m1/s1. The molecule has 0 bridgehead atoms. The van der Waals surface area contributed by atoms with Crippen LogP contribution in [-0.4, -0.2) is 34.6 Å². The van der Waals surface area contributed by atoms with Crippen LogP contribution < -0.4 is 5.32 Å². The van der Waals surface area contributed by atoms with Gasteiger partial charge in [-0.15, -0.1) is 11.8 Å². The molecule has 3 rings (SSSR count). The maximum absolute atomic E-state index is 13.7. The van der Waals surface area contributed by atoms with E-state index in [0.717, 1.165) is 23.3 Å². The smallest absolute Gasteiger partial charge is 0.243 e. The van der Waals surface area contributed by atoms with E-state index in [-0.39, 0.29) is 17.9 Å². The first-order valence-corrected chi connectivity index (χ1v) is 13.9. The summed E-state index contributed by atoms with van der Waals surface area (Å²) in [5.41, 5.74) is 4.38. The van der Waals surface area contributed by atoms with Crippen LogP contribution in [0.2, 0.25) is 5.02 Å². The van der Waals surface area contributed by atoms with Gasteiger partial charge in [0.15, 0.2) is 0 Å². The highest BCUT2D eigenvalue weighted by atomic mass is 35.5. The molecule has 0 aliphatic rings. The molecule has 0 spiro atoms. The fraction of sp³-hybridized carbons (Fsp3) is 0.333. The molecule has 6 heteroatoms. The number of benzene rings is 3. The number of thioether (sulfide) groups is 1. The van der Waals surface area contributed by atoms with E-state index in [2.05, 4.69) is 24.4 Å². The van der Waals surface area contributed by atoms with Crippen molar-refractivity contribution >= 4 is 35.2 Å². The van der Waals surface area contributed by atoms with Crippen molar-refractivity contribution in [1.29, 1.82) is 0 Å². The van der Waals surface area contributed by atoms with Crippen LogP contribution in [0.1, 0.15) is 42.5 Å². The first-order valence-electron chi connectivity index (χ1n) is 12.4. The SMILES string of the molecule is CC[C@@H](C)NC(=O)[C@@H](Cc1ccccc1)N(Cc1ccc(Cl)cc1)C(=O)CSCc1ccccc1C. The lowest BCUT2D eigenvalue weighted by molar-refractivity contribution is -0.139. The van der Waals surface area contributed by atoms with Gasteiger partial charge in [-0.2, -0.15) is 0 Å². The number of halogens is 1. The molecule has 0 aliphatic heterocycles. The highest BCUT2D eigenvalue weighted by Crippen LogP contribution is 2.20. The van der Waals surface area contributed by atoms with Crippen molar-refractivity contribution in [3.8, 4) is 0 Å². The number of carbonyl (C=O) groups excluding carboxylic acids is 2. The molecular formula is C30H35ClN2O2S. The minimum atomic E-state index is -0.622. The van der Waals surface area contributed by atoms with Crippen LogP contribution in [0.4, 0.5) is 0 Å². The first kappa shape index (κ1) is 27.8. The second kappa shape index (κ2) is 14.1. The average molecular weight is 523 g/mol. The Labute approximate surface area is 224 Å². The highest BCUT2D eigenvalue weighted by Gasteiger charge is 2.30. The van der Waals surface area contributed by atoms with Crippen molar-refractivity contribution in [3.05, 3.63) is 106 Å². The van der Waals surface area contributed by atoms with Gasteiger partial charge in [-0.25, -0.2) is 0 Å². The fourth-order valence-electron chi connectivity index (χ4n) is 3.88. The molecule has 4 nitrogen and oxygen atoms in total. The van der Waals surface area contributed by atoms with Gasteiger partial charge in [0.1, 0.15) is 6.04 Å². The number of nitrogens with zero attached hydrogens (tertiary/aromatic N) is 1. The fourth-order valence-corrected chi connectivity index (χ4v) is 5.00. The molecule has 36 heavy (non-hydrogen) atoms. The molecule has 0 heterocycles. The molecule has 0 saturated carbocycles. The largest absolute Gasteiger partial charge is 0.352 e. The number of hydrogen-bond donors (Lipinski definition) is 1. The van der Waals surface area contributed by atoms with Gasteiger partial charge >= 0.3 is 0 Å². The summed E-state index contributed by atoms with van der Waals surface area (Å²) in [6, 6.07) is 25.0. The zero-order chi connectivity index (χ0) is 25.9. The zero-order valence-electron chi connectivity index (χ0n) is 21.2.